The summed E-state index contributed by atoms with van der Waals surface area (Å²) >= 11 is 3.85. The van der Waals surface area contributed by atoms with Crippen molar-refractivity contribution in [2.75, 3.05) is 25.7 Å². The van der Waals surface area contributed by atoms with Gasteiger partial charge in [-0.05, 0) is 17.0 Å². The van der Waals surface area contributed by atoms with E-state index in [1.807, 2.05) is 0 Å². The number of thiophene rings is 1. The van der Waals surface area contributed by atoms with Crippen LogP contribution in [0.25, 0.3) is 0 Å². The zero-order valence-corrected chi connectivity index (χ0v) is 20.9. The van der Waals surface area contributed by atoms with E-state index in [4.69, 9.17) is 4.74 Å². The molecular weight excluding hydrogens is 518 g/mol. The zero-order valence-electron chi connectivity index (χ0n) is 18.4. The molecule has 0 saturated carbocycles. The molecule has 186 valence electrons. The lowest BCUT2D eigenvalue weighted by atomic mass is 9.97. The first-order chi connectivity index (χ1) is 16.8. The number of ether oxygens (including phenoxy) is 1. The zero-order chi connectivity index (χ0) is 25.2. The average Bonchev–Trinajstić information content (AvgIpc) is 3.57. The summed E-state index contributed by atoms with van der Waals surface area (Å²) in [5.74, 6) is -2.02. The van der Waals surface area contributed by atoms with Gasteiger partial charge in [-0.2, -0.15) is 0 Å². The van der Waals surface area contributed by atoms with Crippen LogP contribution in [0, 0.1) is 0 Å². The molecule has 1 fully saturated rings. The van der Waals surface area contributed by atoms with Gasteiger partial charge in [0.1, 0.15) is 22.1 Å². The minimum absolute atomic E-state index is 0.140. The molecule has 0 radical (unpaired) electrons. The van der Waals surface area contributed by atoms with Crippen LogP contribution in [0.15, 0.2) is 40.0 Å². The number of hydrogen-bond acceptors (Lipinski definition) is 10. The van der Waals surface area contributed by atoms with Crippen LogP contribution in [0.2, 0.25) is 0 Å². The number of carbonyl (C=O) groups excluding carboxylic acids is 3. The van der Waals surface area contributed by atoms with Gasteiger partial charge < -0.3 is 25.8 Å². The number of fused-ring (bicyclic) bond motifs is 1. The highest BCUT2D eigenvalue weighted by atomic mass is 32.2. The predicted octanol–water partition coefficient (Wildman–Crippen LogP) is 0.341. The minimum Gasteiger partial charge on any atom is -0.477 e. The molecule has 2 aliphatic rings. The molecule has 35 heavy (non-hydrogen) atoms. The van der Waals surface area contributed by atoms with Crippen molar-refractivity contribution in [3.8, 4) is 0 Å². The van der Waals surface area contributed by atoms with Gasteiger partial charge in [-0.15, -0.1) is 40.0 Å². The number of hydrogen-bond donors (Lipinski definition) is 5. The van der Waals surface area contributed by atoms with Gasteiger partial charge in [0.25, 0.3) is 17.5 Å². The summed E-state index contributed by atoms with van der Waals surface area (Å²) in [7, 11) is 2.68. The number of nitrogens with one attached hydrogen (secondary N) is 4. The van der Waals surface area contributed by atoms with E-state index in [1.165, 1.54) is 55.2 Å². The third-order valence-electron chi connectivity index (χ3n) is 5.33. The van der Waals surface area contributed by atoms with Crippen LogP contribution in [-0.2, 0) is 19.1 Å². The Labute approximate surface area is 211 Å². The topological polar surface area (TPSA) is 179 Å². The lowest BCUT2D eigenvalue weighted by Crippen LogP contribution is -2.81. The van der Waals surface area contributed by atoms with Crippen LogP contribution >= 0.6 is 34.9 Å². The molecule has 1 saturated heterocycles. The van der Waals surface area contributed by atoms with Crippen molar-refractivity contribution in [1.29, 1.82) is 0 Å². The highest BCUT2D eigenvalue weighted by Crippen LogP contribution is 2.47. The number of β-lactam (4-membered cyclic amide) rings is 1. The van der Waals surface area contributed by atoms with E-state index in [2.05, 4.69) is 31.4 Å². The number of carboxylic acid groups (broad SMARTS) is 1. The van der Waals surface area contributed by atoms with Crippen molar-refractivity contribution in [3.05, 3.63) is 39.9 Å². The molecule has 2 unspecified atom stereocenters. The number of rotatable bonds is 9. The second kappa shape index (κ2) is 10.3. The van der Waals surface area contributed by atoms with Crippen molar-refractivity contribution >= 4 is 58.7 Å². The second-order valence-electron chi connectivity index (χ2n) is 7.31. The Balaban J connectivity index is 1.56. The van der Waals surface area contributed by atoms with Gasteiger partial charge in [0.15, 0.2) is 0 Å². The van der Waals surface area contributed by atoms with E-state index in [0.29, 0.717) is 27.0 Å². The second-order valence-corrected chi connectivity index (χ2v) is 10.4. The summed E-state index contributed by atoms with van der Waals surface area (Å²) in [6.07, 6.45) is 1.52. The number of carboxylic acids is 1. The first-order valence-corrected chi connectivity index (χ1v) is 13.0. The molecule has 2 aliphatic heterocycles. The van der Waals surface area contributed by atoms with Gasteiger partial charge in [-0.3, -0.25) is 19.6 Å². The summed E-state index contributed by atoms with van der Waals surface area (Å²) in [6.45, 7) is 0. The molecule has 4 amide bonds. The lowest BCUT2D eigenvalue weighted by molar-refractivity contribution is -0.192. The maximum absolute atomic E-state index is 13.3. The number of aliphatic carboxylic acids is 1. The number of thioether (sulfide) groups is 2. The first kappa shape index (κ1) is 25.0. The van der Waals surface area contributed by atoms with Crippen molar-refractivity contribution in [3.63, 3.8) is 0 Å². The fourth-order valence-electron chi connectivity index (χ4n) is 3.66. The Morgan fingerprint density at radius 2 is 2.26 bits per heavy atom. The van der Waals surface area contributed by atoms with Crippen LogP contribution < -0.4 is 16.0 Å². The number of nitrogens with zero attached hydrogens (tertiary/aromatic N) is 3. The van der Waals surface area contributed by atoms with Crippen LogP contribution in [-0.4, -0.2) is 86.0 Å². The normalized spacial score (nSPS) is 22.2. The van der Waals surface area contributed by atoms with E-state index in [9.17, 15) is 24.3 Å². The highest BCUT2D eigenvalue weighted by molar-refractivity contribution is 8.01. The number of methoxy groups -OCH3 is 1. The largest absolute Gasteiger partial charge is 0.477 e. The maximum Gasteiger partial charge on any atom is 0.352 e. The average molecular weight is 540 g/mol. The van der Waals surface area contributed by atoms with Gasteiger partial charge in [0.2, 0.25) is 0 Å². The third kappa shape index (κ3) is 4.61. The fraction of sp³-hybridized carbons (Fsp3) is 0.368. The van der Waals surface area contributed by atoms with Crippen LogP contribution in [0.4, 0.5) is 4.79 Å². The predicted molar refractivity (Wildman–Crippen MR) is 127 cm³/mol. The molecule has 2 aromatic rings. The summed E-state index contributed by atoms with van der Waals surface area (Å²) in [4.78, 5) is 52.3. The van der Waals surface area contributed by atoms with Crippen molar-refractivity contribution in [2.24, 2.45) is 0 Å². The molecule has 5 N–H and O–H groups in total. The number of amides is 4. The van der Waals surface area contributed by atoms with Crippen molar-refractivity contribution in [1.82, 2.24) is 36.3 Å². The number of aromatic nitrogens is 3. The van der Waals surface area contributed by atoms with Gasteiger partial charge >= 0.3 is 12.0 Å². The van der Waals surface area contributed by atoms with E-state index < -0.39 is 41.0 Å². The minimum atomic E-state index is -1.78. The molecule has 13 nitrogen and oxygen atoms in total. The summed E-state index contributed by atoms with van der Waals surface area (Å²) in [5.41, 5.74) is -1.38. The van der Waals surface area contributed by atoms with Crippen molar-refractivity contribution in [2.45, 2.75) is 22.2 Å². The lowest BCUT2D eigenvalue weighted by Gasteiger charge is -2.56. The number of urea groups is 1. The Morgan fingerprint density at radius 1 is 1.46 bits per heavy atom. The maximum atomic E-state index is 13.3. The Kier molecular flexibility index (Phi) is 7.34. The van der Waals surface area contributed by atoms with Gasteiger partial charge in [0, 0.05) is 30.5 Å². The van der Waals surface area contributed by atoms with Crippen LogP contribution in [0.5, 0.6) is 0 Å². The SMILES string of the molecule is CNC(=O)NC(C(=O)N[C@@]1(OC)C(=O)N2C(C(=O)O)=C(CSc3cnn[nH]3)CSC21)c1cccs1. The van der Waals surface area contributed by atoms with E-state index in [0.717, 1.165) is 4.90 Å². The fourth-order valence-corrected chi connectivity index (χ4v) is 6.79. The number of H-pyrrole nitrogens is 1. The van der Waals surface area contributed by atoms with Crippen molar-refractivity contribution < 1.29 is 29.0 Å². The van der Waals surface area contributed by atoms with Crippen LogP contribution in [0.3, 0.4) is 0 Å². The Hall–Kier alpha value is -3.08. The first-order valence-electron chi connectivity index (χ1n) is 10.1. The molecule has 4 heterocycles. The van der Waals surface area contributed by atoms with Gasteiger partial charge in [-0.1, -0.05) is 11.3 Å². The Morgan fingerprint density at radius 3 is 2.86 bits per heavy atom. The monoisotopic (exact) mass is 539 g/mol. The number of carbonyl (C=O) groups is 4. The molecule has 0 spiro atoms. The smallest absolute Gasteiger partial charge is 0.352 e. The highest BCUT2D eigenvalue weighted by Gasteiger charge is 2.67. The molecule has 0 bridgehead atoms. The Bertz CT molecular complexity index is 1160. The quantitative estimate of drug-likeness (QED) is 0.169. The molecule has 2 aromatic heterocycles. The molecule has 0 aliphatic carbocycles. The molecule has 0 aromatic carbocycles. The van der Waals surface area contributed by atoms with Gasteiger partial charge in [0.05, 0.1) is 6.20 Å². The van der Waals surface area contributed by atoms with E-state index in [1.54, 1.807) is 17.5 Å². The van der Waals surface area contributed by atoms with Crippen LogP contribution in [0.1, 0.15) is 10.9 Å². The summed E-state index contributed by atoms with van der Waals surface area (Å²) in [6, 6.07) is 1.75. The third-order valence-corrected chi connectivity index (χ3v) is 8.64. The van der Waals surface area contributed by atoms with E-state index in [-0.39, 0.29) is 5.70 Å². The summed E-state index contributed by atoms with van der Waals surface area (Å²) in [5, 5.41) is 29.1. The van der Waals surface area contributed by atoms with Gasteiger partial charge in [-0.25, -0.2) is 9.59 Å². The van der Waals surface area contributed by atoms with E-state index >= 15 is 0 Å². The summed E-state index contributed by atoms with van der Waals surface area (Å²) < 4.78 is 5.50. The molecule has 4 rings (SSSR count). The molecular formula is C19H21N7O6S3. The number of aromatic amines is 1. The molecule has 3 atom stereocenters. The molecule has 16 heteroatoms. The standard InChI is InChI=1S/C19H21N7O6S3/c1-20-18(31)22-12(10-4-3-5-33-10)14(27)23-19(32-2)16(30)26-13(15(28)29)9(8-35-17(19)26)7-34-11-6-21-25-24-11/h3-6,12,17H,7-8H2,1-2H3,(H,23,27)(H,28,29)(H2,20,22,31)(H,21,24,25)/t12?,17?,19-/m1/s1.